The van der Waals surface area contributed by atoms with E-state index in [4.69, 9.17) is 4.74 Å². The number of rotatable bonds is 3. The number of amides is 1. The lowest BCUT2D eigenvalue weighted by molar-refractivity contribution is 0.0746. The summed E-state index contributed by atoms with van der Waals surface area (Å²) in [5, 5.41) is 9.19. The molecule has 1 aliphatic heterocycles. The number of ether oxygens (including phenoxy) is 1. The Labute approximate surface area is 140 Å². The van der Waals surface area contributed by atoms with Crippen LogP contribution in [0.5, 0.6) is 5.75 Å². The summed E-state index contributed by atoms with van der Waals surface area (Å²) in [6, 6.07) is 12.8. The molecule has 1 amide bonds. The molecule has 0 aliphatic carbocycles. The summed E-state index contributed by atoms with van der Waals surface area (Å²) in [7, 11) is 1.60. The molecule has 0 unspecified atom stereocenters. The molecule has 1 fully saturated rings. The number of nitrogens with zero attached hydrogens (tertiary/aromatic N) is 4. The summed E-state index contributed by atoms with van der Waals surface area (Å²) in [6.45, 7) is 2.53. The van der Waals surface area contributed by atoms with E-state index in [2.05, 4.69) is 16.0 Å². The molecule has 1 aliphatic rings. The number of hydrogen-bond acceptors (Lipinski definition) is 5. The smallest absolute Gasteiger partial charge is 0.253 e. The molecule has 0 N–H and O–H groups in total. The van der Waals surface area contributed by atoms with Crippen LogP contribution >= 0.6 is 0 Å². The number of methoxy groups -OCH3 is 1. The van der Waals surface area contributed by atoms with Gasteiger partial charge in [0.2, 0.25) is 0 Å². The standard InChI is InChI=1S/C18H18N4O2/c1-24-16-6-4-14(5-7-16)18(23)22-11-9-21(10-12-22)17-15(13-19)3-2-8-20-17/h2-8H,9-12H2,1H3. The van der Waals surface area contributed by atoms with Gasteiger partial charge in [0.15, 0.2) is 0 Å². The van der Waals surface area contributed by atoms with Crippen molar-refractivity contribution in [3.05, 3.63) is 53.7 Å². The number of hydrogen-bond donors (Lipinski definition) is 0. The van der Waals surface area contributed by atoms with E-state index < -0.39 is 0 Å². The number of nitriles is 1. The lowest BCUT2D eigenvalue weighted by Gasteiger charge is -2.35. The monoisotopic (exact) mass is 322 g/mol. The Morgan fingerprint density at radius 1 is 1.17 bits per heavy atom. The van der Waals surface area contributed by atoms with E-state index >= 15 is 0 Å². The van der Waals surface area contributed by atoms with E-state index in [0.29, 0.717) is 43.1 Å². The van der Waals surface area contributed by atoms with Crippen molar-refractivity contribution in [2.75, 3.05) is 38.2 Å². The zero-order valence-corrected chi connectivity index (χ0v) is 13.5. The molecule has 0 spiro atoms. The number of pyridine rings is 1. The van der Waals surface area contributed by atoms with Crippen LogP contribution in [-0.2, 0) is 0 Å². The number of piperazine rings is 1. The van der Waals surface area contributed by atoms with E-state index in [0.717, 1.165) is 5.75 Å². The van der Waals surface area contributed by atoms with Crippen molar-refractivity contribution in [1.29, 1.82) is 5.26 Å². The first-order chi connectivity index (χ1) is 11.7. The number of anilines is 1. The molecule has 6 heteroatoms. The lowest BCUT2D eigenvalue weighted by Crippen LogP contribution is -2.49. The Morgan fingerprint density at radius 3 is 2.50 bits per heavy atom. The average molecular weight is 322 g/mol. The van der Waals surface area contributed by atoms with Gasteiger partial charge in [0.25, 0.3) is 5.91 Å². The van der Waals surface area contributed by atoms with E-state index in [1.807, 2.05) is 4.90 Å². The Morgan fingerprint density at radius 2 is 1.88 bits per heavy atom. The van der Waals surface area contributed by atoms with Crippen LogP contribution in [0, 0.1) is 11.3 Å². The molecule has 0 bridgehead atoms. The summed E-state index contributed by atoms with van der Waals surface area (Å²) in [6.07, 6.45) is 1.69. The Bertz CT molecular complexity index is 759. The van der Waals surface area contributed by atoms with E-state index in [9.17, 15) is 10.1 Å². The first-order valence-electron chi connectivity index (χ1n) is 7.76. The number of benzene rings is 1. The third-order valence-corrected chi connectivity index (χ3v) is 4.11. The highest BCUT2D eigenvalue weighted by Crippen LogP contribution is 2.19. The van der Waals surface area contributed by atoms with Gasteiger partial charge in [0.1, 0.15) is 17.6 Å². The second kappa shape index (κ2) is 7.01. The van der Waals surface area contributed by atoms with Gasteiger partial charge < -0.3 is 14.5 Å². The average Bonchev–Trinajstić information content (AvgIpc) is 2.67. The zero-order valence-electron chi connectivity index (χ0n) is 13.5. The van der Waals surface area contributed by atoms with Crippen LogP contribution in [0.1, 0.15) is 15.9 Å². The normalized spacial score (nSPS) is 14.2. The third-order valence-electron chi connectivity index (χ3n) is 4.11. The van der Waals surface area contributed by atoms with Crippen LogP contribution in [0.3, 0.4) is 0 Å². The van der Waals surface area contributed by atoms with Crippen molar-refractivity contribution in [3.8, 4) is 11.8 Å². The molecule has 1 aromatic carbocycles. The molecule has 1 saturated heterocycles. The number of aromatic nitrogens is 1. The van der Waals surface area contributed by atoms with Gasteiger partial charge in [-0.2, -0.15) is 5.26 Å². The number of carbonyl (C=O) groups excluding carboxylic acids is 1. The fraction of sp³-hybridized carbons (Fsp3) is 0.278. The van der Waals surface area contributed by atoms with Gasteiger partial charge >= 0.3 is 0 Å². The second-order valence-corrected chi connectivity index (χ2v) is 5.49. The summed E-state index contributed by atoms with van der Waals surface area (Å²) in [5.74, 6) is 1.44. The molecule has 24 heavy (non-hydrogen) atoms. The minimum absolute atomic E-state index is 0.0128. The minimum atomic E-state index is 0.0128. The molecule has 0 radical (unpaired) electrons. The molecule has 0 saturated carbocycles. The summed E-state index contributed by atoms with van der Waals surface area (Å²) >= 11 is 0. The molecule has 2 heterocycles. The summed E-state index contributed by atoms with van der Waals surface area (Å²) < 4.78 is 5.11. The van der Waals surface area contributed by atoms with Crippen molar-refractivity contribution in [3.63, 3.8) is 0 Å². The van der Waals surface area contributed by atoms with E-state index in [-0.39, 0.29) is 5.91 Å². The molecule has 0 atom stereocenters. The lowest BCUT2D eigenvalue weighted by atomic mass is 10.1. The first kappa shape index (κ1) is 15.8. The Balaban J connectivity index is 1.66. The predicted octanol–water partition coefficient (Wildman–Crippen LogP) is 1.92. The van der Waals surface area contributed by atoms with Crippen LogP contribution in [-0.4, -0.2) is 49.1 Å². The molecule has 1 aromatic heterocycles. The van der Waals surface area contributed by atoms with Crippen LogP contribution in [0.15, 0.2) is 42.6 Å². The predicted molar refractivity (Wildman–Crippen MR) is 90.1 cm³/mol. The van der Waals surface area contributed by atoms with Crippen molar-refractivity contribution in [1.82, 2.24) is 9.88 Å². The largest absolute Gasteiger partial charge is 0.497 e. The summed E-state index contributed by atoms with van der Waals surface area (Å²) in [5.41, 5.74) is 1.22. The maximum absolute atomic E-state index is 12.6. The highest BCUT2D eigenvalue weighted by atomic mass is 16.5. The Kier molecular flexibility index (Phi) is 4.62. The van der Waals surface area contributed by atoms with Gasteiger partial charge in [-0.25, -0.2) is 4.98 Å². The highest BCUT2D eigenvalue weighted by Gasteiger charge is 2.24. The third kappa shape index (κ3) is 3.15. The van der Waals surface area contributed by atoms with Crippen molar-refractivity contribution >= 4 is 11.7 Å². The van der Waals surface area contributed by atoms with Crippen LogP contribution in [0.2, 0.25) is 0 Å². The maximum Gasteiger partial charge on any atom is 0.253 e. The van der Waals surface area contributed by atoms with E-state index in [1.54, 1.807) is 49.7 Å². The fourth-order valence-corrected chi connectivity index (χ4v) is 2.77. The van der Waals surface area contributed by atoms with Crippen molar-refractivity contribution in [2.45, 2.75) is 0 Å². The molecule has 122 valence electrons. The van der Waals surface area contributed by atoms with Gasteiger partial charge in [-0.1, -0.05) is 0 Å². The zero-order chi connectivity index (χ0) is 16.9. The first-order valence-corrected chi connectivity index (χ1v) is 7.76. The van der Waals surface area contributed by atoms with Gasteiger partial charge in [0.05, 0.1) is 12.7 Å². The van der Waals surface area contributed by atoms with E-state index in [1.165, 1.54) is 0 Å². The highest BCUT2D eigenvalue weighted by molar-refractivity contribution is 5.94. The molecular formula is C18H18N4O2. The SMILES string of the molecule is COc1ccc(C(=O)N2CCN(c3ncccc3C#N)CC2)cc1. The minimum Gasteiger partial charge on any atom is -0.497 e. The molecule has 3 rings (SSSR count). The van der Waals surface area contributed by atoms with Crippen molar-refractivity contribution < 1.29 is 9.53 Å². The molecule has 6 nitrogen and oxygen atoms in total. The van der Waals surface area contributed by atoms with Crippen molar-refractivity contribution in [2.24, 2.45) is 0 Å². The van der Waals surface area contributed by atoms with Crippen LogP contribution in [0.25, 0.3) is 0 Å². The van der Waals surface area contributed by atoms with Gasteiger partial charge in [-0.05, 0) is 36.4 Å². The van der Waals surface area contributed by atoms with Crippen LogP contribution in [0.4, 0.5) is 5.82 Å². The van der Waals surface area contributed by atoms with Gasteiger partial charge in [-0.3, -0.25) is 4.79 Å². The second-order valence-electron chi connectivity index (χ2n) is 5.49. The van der Waals surface area contributed by atoms with Crippen LogP contribution < -0.4 is 9.64 Å². The maximum atomic E-state index is 12.6. The van der Waals surface area contributed by atoms with Gasteiger partial charge in [-0.15, -0.1) is 0 Å². The molecular weight excluding hydrogens is 304 g/mol. The topological polar surface area (TPSA) is 69.5 Å². The van der Waals surface area contributed by atoms with Gasteiger partial charge in [0, 0.05) is 37.9 Å². The fourth-order valence-electron chi connectivity index (χ4n) is 2.77. The summed E-state index contributed by atoms with van der Waals surface area (Å²) in [4.78, 5) is 20.7. The molecule has 2 aromatic rings. The quantitative estimate of drug-likeness (QED) is 0.863. The number of carbonyl (C=O) groups is 1. The Hall–Kier alpha value is -3.07.